The number of benzene rings is 4. The molecule has 0 radical (unpaired) electrons. The molecule has 1 amide bonds. The van der Waals surface area contributed by atoms with E-state index in [0.29, 0.717) is 46.6 Å². The number of fused-ring (bicyclic) bond motifs is 1. The van der Waals surface area contributed by atoms with Crippen molar-refractivity contribution in [1.29, 1.82) is 0 Å². The van der Waals surface area contributed by atoms with Crippen molar-refractivity contribution in [3.63, 3.8) is 0 Å². The van der Waals surface area contributed by atoms with Gasteiger partial charge in [-0.1, -0.05) is 35.9 Å². The topological polar surface area (TPSA) is 71.3 Å². The van der Waals surface area contributed by atoms with Crippen LogP contribution in [0.3, 0.4) is 0 Å². The molecule has 200 valence electrons. The molecule has 6 rings (SSSR count). The molecule has 0 spiro atoms. The molecule has 0 atom stereocenters. The molecule has 1 heterocycles. The smallest absolute Gasteiger partial charge is 0.335 e. The van der Waals surface area contributed by atoms with Crippen LogP contribution in [0.15, 0.2) is 91.1 Å². The number of carboxylic acids is 1. The number of hydrogen-bond acceptors (Lipinski definition) is 2. The zero-order valence-electron chi connectivity index (χ0n) is 21.1. The van der Waals surface area contributed by atoms with Crippen LogP contribution in [-0.4, -0.2) is 21.6 Å². The number of hydrogen-bond donors (Lipinski definition) is 2. The maximum Gasteiger partial charge on any atom is 0.335 e. The summed E-state index contributed by atoms with van der Waals surface area (Å²) in [5.41, 5.74) is 3.18. The van der Waals surface area contributed by atoms with E-state index in [4.69, 9.17) is 11.6 Å². The van der Waals surface area contributed by atoms with Crippen LogP contribution in [0, 0.1) is 11.6 Å². The van der Waals surface area contributed by atoms with Crippen molar-refractivity contribution in [3.8, 4) is 11.1 Å². The minimum absolute atomic E-state index is 0.168. The van der Waals surface area contributed by atoms with Crippen LogP contribution in [0.1, 0.15) is 44.7 Å². The van der Waals surface area contributed by atoms with Crippen LogP contribution in [0.25, 0.3) is 22.0 Å². The Morgan fingerprint density at radius 3 is 2.25 bits per heavy atom. The van der Waals surface area contributed by atoms with Crippen LogP contribution in [0.5, 0.6) is 0 Å². The molecule has 4 aromatic carbocycles. The Kier molecular flexibility index (Phi) is 6.39. The van der Waals surface area contributed by atoms with Crippen molar-refractivity contribution in [1.82, 2.24) is 9.88 Å². The molecule has 0 aliphatic heterocycles. The van der Waals surface area contributed by atoms with Gasteiger partial charge in [-0.3, -0.25) is 4.79 Å². The highest BCUT2D eigenvalue weighted by molar-refractivity contribution is 6.30. The third-order valence-electron chi connectivity index (χ3n) is 7.33. The highest BCUT2D eigenvalue weighted by Crippen LogP contribution is 2.46. The molecule has 8 heteroatoms. The van der Waals surface area contributed by atoms with Gasteiger partial charge in [-0.25, -0.2) is 13.6 Å². The lowest BCUT2D eigenvalue weighted by molar-refractivity contribution is 0.0696. The van der Waals surface area contributed by atoms with Gasteiger partial charge in [0, 0.05) is 29.2 Å². The Morgan fingerprint density at radius 2 is 1.60 bits per heavy atom. The molecule has 1 aliphatic carbocycles. The number of amides is 1. The number of aromatic carboxylic acids is 1. The van der Waals surface area contributed by atoms with Gasteiger partial charge in [0.05, 0.1) is 22.2 Å². The fraction of sp³-hybridized carbons (Fsp3) is 0.125. The molecular weight excluding hydrogens is 534 g/mol. The van der Waals surface area contributed by atoms with E-state index in [1.54, 1.807) is 24.3 Å². The van der Waals surface area contributed by atoms with Crippen LogP contribution in [0.2, 0.25) is 5.02 Å². The summed E-state index contributed by atoms with van der Waals surface area (Å²) in [5.74, 6) is -2.77. The van der Waals surface area contributed by atoms with Gasteiger partial charge in [-0.05, 0) is 89.7 Å². The lowest BCUT2D eigenvalue weighted by Gasteiger charge is -2.20. The number of aromatic nitrogens is 1. The fourth-order valence-electron chi connectivity index (χ4n) is 5.20. The van der Waals surface area contributed by atoms with E-state index in [1.165, 1.54) is 24.3 Å². The van der Waals surface area contributed by atoms with E-state index in [0.717, 1.165) is 22.6 Å². The van der Waals surface area contributed by atoms with Crippen LogP contribution in [0.4, 0.5) is 8.78 Å². The highest BCUT2D eigenvalue weighted by Gasteiger charge is 2.46. The molecule has 1 saturated carbocycles. The fourth-order valence-corrected chi connectivity index (χ4v) is 5.41. The summed E-state index contributed by atoms with van der Waals surface area (Å²) < 4.78 is 30.1. The van der Waals surface area contributed by atoms with Crippen LogP contribution in [-0.2, 0) is 12.1 Å². The average Bonchev–Trinajstić information content (AvgIpc) is 3.59. The van der Waals surface area contributed by atoms with Crippen molar-refractivity contribution in [2.75, 3.05) is 0 Å². The summed E-state index contributed by atoms with van der Waals surface area (Å²) in [7, 11) is 0. The number of rotatable bonds is 7. The van der Waals surface area contributed by atoms with E-state index in [1.807, 2.05) is 41.1 Å². The molecular formula is C32H23ClF2N2O3. The number of nitrogens with one attached hydrogen (secondary N) is 1. The number of carbonyl (C=O) groups is 2. The Morgan fingerprint density at radius 1 is 0.900 bits per heavy atom. The third kappa shape index (κ3) is 4.96. The standard InChI is InChI=1S/C32H23ClF2N2O3/c33-25-3-1-2-19(12-25)18-37-11-8-21-13-22(23-14-26(34)17-27(35)15-23)16-28(29(21)37)30(38)36-32(9-10-32)24-6-4-20(5-7-24)31(39)40/h1-8,11-17H,9-10,18H2,(H,36,38)(H,39,40). The summed E-state index contributed by atoms with van der Waals surface area (Å²) in [4.78, 5) is 25.2. The summed E-state index contributed by atoms with van der Waals surface area (Å²) in [5, 5.41) is 13.8. The third-order valence-corrected chi connectivity index (χ3v) is 7.57. The molecule has 1 fully saturated rings. The molecule has 0 bridgehead atoms. The van der Waals surface area contributed by atoms with Gasteiger partial charge >= 0.3 is 5.97 Å². The number of carboxylic acid groups (broad SMARTS) is 1. The Balaban J connectivity index is 1.43. The predicted molar refractivity (Wildman–Crippen MR) is 150 cm³/mol. The predicted octanol–water partition coefficient (Wildman–Crippen LogP) is 7.41. The quantitative estimate of drug-likeness (QED) is 0.219. The van der Waals surface area contributed by atoms with Crippen molar-refractivity contribution in [2.45, 2.75) is 24.9 Å². The van der Waals surface area contributed by atoms with E-state index in [2.05, 4.69) is 5.32 Å². The molecule has 5 nitrogen and oxygen atoms in total. The zero-order chi connectivity index (χ0) is 28.0. The first-order valence-corrected chi connectivity index (χ1v) is 13.1. The summed E-state index contributed by atoms with van der Waals surface area (Å²) in [6, 6.07) is 22.6. The lowest BCUT2D eigenvalue weighted by Crippen LogP contribution is -2.35. The normalized spacial score (nSPS) is 13.8. The van der Waals surface area contributed by atoms with Crippen LogP contribution >= 0.6 is 11.6 Å². The maximum atomic E-state index is 14.1. The lowest BCUT2D eigenvalue weighted by atomic mass is 9.98. The van der Waals surface area contributed by atoms with Crippen LogP contribution < -0.4 is 5.32 Å². The van der Waals surface area contributed by atoms with Gasteiger partial charge in [0.15, 0.2) is 0 Å². The first-order valence-electron chi connectivity index (χ1n) is 12.7. The molecule has 1 aliphatic rings. The molecule has 0 unspecified atom stereocenters. The second-order valence-electron chi connectivity index (χ2n) is 10.1. The van der Waals surface area contributed by atoms with E-state index < -0.39 is 23.1 Å². The monoisotopic (exact) mass is 556 g/mol. The van der Waals surface area contributed by atoms with Gasteiger partial charge in [-0.2, -0.15) is 0 Å². The molecule has 5 aromatic rings. The largest absolute Gasteiger partial charge is 0.478 e. The van der Waals surface area contributed by atoms with Crippen molar-refractivity contribution >= 4 is 34.4 Å². The van der Waals surface area contributed by atoms with Crippen molar-refractivity contribution in [2.24, 2.45) is 0 Å². The Bertz CT molecular complexity index is 1770. The first-order chi connectivity index (χ1) is 19.2. The second-order valence-corrected chi connectivity index (χ2v) is 10.5. The SMILES string of the molecule is O=C(O)c1ccc(C2(NC(=O)c3cc(-c4cc(F)cc(F)c4)cc4ccn(Cc5cccc(Cl)c5)c34)CC2)cc1. The van der Waals surface area contributed by atoms with Gasteiger partial charge in [0.2, 0.25) is 0 Å². The van der Waals surface area contributed by atoms with Crippen molar-refractivity contribution < 1.29 is 23.5 Å². The van der Waals surface area contributed by atoms with Gasteiger partial charge in [-0.15, -0.1) is 0 Å². The number of carbonyl (C=O) groups excluding carboxylic acids is 1. The Labute approximate surface area is 233 Å². The summed E-state index contributed by atoms with van der Waals surface area (Å²) >= 11 is 6.20. The summed E-state index contributed by atoms with van der Waals surface area (Å²) in [6.45, 7) is 0.458. The minimum atomic E-state index is -1.02. The zero-order valence-corrected chi connectivity index (χ0v) is 21.9. The molecule has 1 aromatic heterocycles. The van der Waals surface area contributed by atoms with Crippen molar-refractivity contribution in [3.05, 3.63) is 130 Å². The highest BCUT2D eigenvalue weighted by atomic mass is 35.5. The van der Waals surface area contributed by atoms with E-state index >= 15 is 0 Å². The van der Waals surface area contributed by atoms with Gasteiger partial charge < -0.3 is 15.0 Å². The molecule has 2 N–H and O–H groups in total. The maximum absolute atomic E-state index is 14.1. The molecule has 0 saturated heterocycles. The number of nitrogens with zero attached hydrogens (tertiary/aromatic N) is 1. The average molecular weight is 557 g/mol. The Hall–Kier alpha value is -4.49. The molecule has 40 heavy (non-hydrogen) atoms. The number of halogens is 3. The minimum Gasteiger partial charge on any atom is -0.478 e. The van der Waals surface area contributed by atoms with E-state index in [-0.39, 0.29) is 11.5 Å². The van der Waals surface area contributed by atoms with E-state index in [9.17, 15) is 23.5 Å². The van der Waals surface area contributed by atoms with Gasteiger partial charge in [0.1, 0.15) is 11.6 Å². The second kappa shape index (κ2) is 9.92. The van der Waals surface area contributed by atoms with Gasteiger partial charge in [0.25, 0.3) is 5.91 Å². The summed E-state index contributed by atoms with van der Waals surface area (Å²) in [6.07, 6.45) is 3.27. The first kappa shape index (κ1) is 25.8.